The highest BCUT2D eigenvalue weighted by atomic mass is 35.5. The number of benzene rings is 1. The molecule has 1 aromatic rings. The fourth-order valence-electron chi connectivity index (χ4n) is 2.33. The highest BCUT2D eigenvalue weighted by Crippen LogP contribution is 2.22. The van der Waals surface area contributed by atoms with Crippen LogP contribution in [0.25, 0.3) is 0 Å². The molecule has 1 aliphatic heterocycles. The smallest absolute Gasteiger partial charge is 0.317 e. The predicted octanol–water partition coefficient (Wildman–Crippen LogP) is 2.96. The van der Waals surface area contributed by atoms with E-state index in [1.807, 2.05) is 38.1 Å². The number of hydrogen-bond donors (Lipinski definition) is 2. The van der Waals surface area contributed by atoms with E-state index in [2.05, 4.69) is 5.32 Å². The molecule has 0 bridgehead atoms. The molecule has 5 heteroatoms. The predicted molar refractivity (Wildman–Crippen MR) is 79.8 cm³/mol. The van der Waals surface area contributed by atoms with Gasteiger partial charge in [0.1, 0.15) is 0 Å². The van der Waals surface area contributed by atoms with E-state index >= 15 is 0 Å². The number of amides is 2. The summed E-state index contributed by atoms with van der Waals surface area (Å²) in [5.41, 5.74) is 0.338. The molecule has 0 unspecified atom stereocenters. The van der Waals surface area contributed by atoms with E-state index in [0.29, 0.717) is 31.0 Å². The molecule has 1 aromatic carbocycles. The Hall–Kier alpha value is -1.26. The number of piperidine rings is 1. The van der Waals surface area contributed by atoms with Crippen molar-refractivity contribution in [3.63, 3.8) is 0 Å². The zero-order valence-electron chi connectivity index (χ0n) is 11.9. The molecule has 2 N–H and O–H groups in total. The van der Waals surface area contributed by atoms with Crippen LogP contribution in [0.15, 0.2) is 24.3 Å². The Kier molecular flexibility index (Phi) is 4.55. The summed E-state index contributed by atoms with van der Waals surface area (Å²) < 4.78 is 0. The Morgan fingerprint density at radius 2 is 2.10 bits per heavy atom. The number of nitrogens with zero attached hydrogens (tertiary/aromatic N) is 1. The van der Waals surface area contributed by atoms with Crippen LogP contribution in [-0.2, 0) is 0 Å². The molecule has 2 rings (SSSR count). The maximum Gasteiger partial charge on any atom is 0.317 e. The van der Waals surface area contributed by atoms with Gasteiger partial charge in [0.25, 0.3) is 0 Å². The van der Waals surface area contributed by atoms with E-state index in [0.717, 1.165) is 5.56 Å². The molecule has 110 valence electrons. The van der Waals surface area contributed by atoms with E-state index in [9.17, 15) is 9.90 Å². The Morgan fingerprint density at radius 3 is 2.70 bits per heavy atom. The second-order valence-corrected chi connectivity index (χ2v) is 6.15. The van der Waals surface area contributed by atoms with Crippen LogP contribution in [0.2, 0.25) is 5.02 Å². The third kappa shape index (κ3) is 3.87. The number of hydrogen-bond acceptors (Lipinski definition) is 2. The van der Waals surface area contributed by atoms with Gasteiger partial charge >= 0.3 is 6.03 Å². The molecule has 0 aliphatic carbocycles. The second-order valence-electron chi connectivity index (χ2n) is 5.71. The van der Waals surface area contributed by atoms with E-state index < -0.39 is 5.60 Å². The maximum absolute atomic E-state index is 12.2. The van der Waals surface area contributed by atoms with Crippen molar-refractivity contribution in [2.75, 3.05) is 13.1 Å². The van der Waals surface area contributed by atoms with Crippen LogP contribution < -0.4 is 5.32 Å². The molecule has 0 aromatic heterocycles. The minimum absolute atomic E-state index is 0.0898. The minimum Gasteiger partial charge on any atom is -0.390 e. The van der Waals surface area contributed by atoms with Crippen molar-refractivity contribution >= 4 is 17.6 Å². The van der Waals surface area contributed by atoms with Gasteiger partial charge in [0.2, 0.25) is 0 Å². The number of aliphatic hydroxyl groups is 1. The first-order valence-corrected chi connectivity index (χ1v) is 7.28. The van der Waals surface area contributed by atoms with Crippen LogP contribution >= 0.6 is 11.6 Å². The van der Waals surface area contributed by atoms with Crippen LogP contribution in [0.3, 0.4) is 0 Å². The van der Waals surface area contributed by atoms with Gasteiger partial charge in [-0.1, -0.05) is 23.7 Å². The normalized spacial score (nSPS) is 19.5. The van der Waals surface area contributed by atoms with Gasteiger partial charge in [-0.3, -0.25) is 0 Å². The van der Waals surface area contributed by atoms with E-state index in [1.54, 1.807) is 4.90 Å². The molecule has 4 nitrogen and oxygen atoms in total. The van der Waals surface area contributed by atoms with Crippen molar-refractivity contribution in [3.8, 4) is 0 Å². The molecule has 0 spiro atoms. The summed E-state index contributed by atoms with van der Waals surface area (Å²) in [7, 11) is 0. The van der Waals surface area contributed by atoms with E-state index in [4.69, 9.17) is 11.6 Å². The minimum atomic E-state index is -0.644. The lowest BCUT2D eigenvalue weighted by Crippen LogP contribution is -2.49. The van der Waals surface area contributed by atoms with Crippen LogP contribution in [-0.4, -0.2) is 34.7 Å². The summed E-state index contributed by atoms with van der Waals surface area (Å²) in [4.78, 5) is 13.9. The number of nitrogens with one attached hydrogen (secondary N) is 1. The zero-order chi connectivity index (χ0) is 14.8. The summed E-state index contributed by atoms with van der Waals surface area (Å²) in [6, 6.07) is 7.30. The Labute approximate surface area is 124 Å². The first-order valence-electron chi connectivity index (χ1n) is 6.91. The third-order valence-corrected chi connectivity index (χ3v) is 4.05. The zero-order valence-corrected chi connectivity index (χ0v) is 12.7. The van der Waals surface area contributed by atoms with Gasteiger partial charge in [0.15, 0.2) is 0 Å². The first kappa shape index (κ1) is 15.1. The number of carbonyl (C=O) groups excluding carboxylic acids is 1. The van der Waals surface area contributed by atoms with Gasteiger partial charge in [0, 0.05) is 18.1 Å². The third-order valence-electron chi connectivity index (χ3n) is 3.82. The Morgan fingerprint density at radius 1 is 1.45 bits per heavy atom. The highest BCUT2D eigenvalue weighted by molar-refractivity contribution is 6.30. The molecule has 0 saturated carbocycles. The van der Waals surface area contributed by atoms with Gasteiger partial charge in [-0.05, 0) is 44.4 Å². The van der Waals surface area contributed by atoms with Crippen LogP contribution in [0.4, 0.5) is 4.79 Å². The lowest BCUT2D eigenvalue weighted by Gasteiger charge is -2.36. The fraction of sp³-hybridized carbons (Fsp3) is 0.533. The molecule has 20 heavy (non-hydrogen) atoms. The van der Waals surface area contributed by atoms with Crippen LogP contribution in [0, 0.1) is 0 Å². The summed E-state index contributed by atoms with van der Waals surface area (Å²) >= 11 is 5.95. The molecule has 1 atom stereocenters. The standard InChI is InChI=1S/C15H21ClN2O2/c1-11(12-4-3-5-13(16)10-12)17-14(19)18-8-6-15(2,20)7-9-18/h3-5,10-11,20H,6-9H2,1-2H3,(H,17,19)/t11-/m1/s1. The topological polar surface area (TPSA) is 52.6 Å². The summed E-state index contributed by atoms with van der Waals surface area (Å²) in [6.45, 7) is 4.92. The van der Waals surface area contributed by atoms with Crippen molar-refractivity contribution in [2.45, 2.75) is 38.3 Å². The van der Waals surface area contributed by atoms with Gasteiger partial charge in [0.05, 0.1) is 11.6 Å². The van der Waals surface area contributed by atoms with Crippen molar-refractivity contribution in [1.29, 1.82) is 0 Å². The van der Waals surface area contributed by atoms with Gasteiger partial charge in [-0.15, -0.1) is 0 Å². The van der Waals surface area contributed by atoms with E-state index in [1.165, 1.54) is 0 Å². The number of rotatable bonds is 2. The summed E-state index contributed by atoms with van der Waals surface area (Å²) in [5.74, 6) is 0. The number of urea groups is 1. The average Bonchev–Trinajstić information content (AvgIpc) is 2.38. The number of likely N-dealkylation sites (tertiary alicyclic amines) is 1. The quantitative estimate of drug-likeness (QED) is 0.881. The molecule has 2 amide bonds. The number of carbonyl (C=O) groups is 1. The average molecular weight is 297 g/mol. The lowest BCUT2D eigenvalue weighted by atomic mass is 9.94. The van der Waals surface area contributed by atoms with Crippen molar-refractivity contribution in [3.05, 3.63) is 34.9 Å². The second kappa shape index (κ2) is 6.02. The van der Waals surface area contributed by atoms with E-state index in [-0.39, 0.29) is 12.1 Å². The SMILES string of the molecule is C[C@@H](NC(=O)N1CCC(C)(O)CC1)c1cccc(Cl)c1. The molecule has 1 fully saturated rings. The molecular formula is C15H21ClN2O2. The van der Waals surface area contributed by atoms with Crippen LogP contribution in [0.1, 0.15) is 38.3 Å². The molecule has 1 saturated heterocycles. The molecular weight excluding hydrogens is 276 g/mol. The molecule has 1 heterocycles. The van der Waals surface area contributed by atoms with Crippen molar-refractivity contribution in [1.82, 2.24) is 10.2 Å². The van der Waals surface area contributed by atoms with Crippen molar-refractivity contribution < 1.29 is 9.90 Å². The lowest BCUT2D eigenvalue weighted by molar-refractivity contribution is 0.00419. The maximum atomic E-state index is 12.2. The molecule has 0 radical (unpaired) electrons. The summed E-state index contributed by atoms with van der Waals surface area (Å²) in [6.07, 6.45) is 1.23. The van der Waals surface area contributed by atoms with Gasteiger partial charge in [-0.25, -0.2) is 4.79 Å². The van der Waals surface area contributed by atoms with Gasteiger partial charge in [-0.2, -0.15) is 0 Å². The Balaban J connectivity index is 1.91. The number of halogens is 1. The van der Waals surface area contributed by atoms with Crippen LogP contribution in [0.5, 0.6) is 0 Å². The molecule has 1 aliphatic rings. The van der Waals surface area contributed by atoms with Crippen molar-refractivity contribution in [2.24, 2.45) is 0 Å². The Bertz CT molecular complexity index is 481. The summed E-state index contributed by atoms with van der Waals surface area (Å²) in [5, 5.41) is 13.5. The fourth-order valence-corrected chi connectivity index (χ4v) is 2.53. The van der Waals surface area contributed by atoms with Gasteiger partial charge < -0.3 is 15.3 Å². The highest BCUT2D eigenvalue weighted by Gasteiger charge is 2.29. The largest absolute Gasteiger partial charge is 0.390 e. The monoisotopic (exact) mass is 296 g/mol. The first-order chi connectivity index (χ1) is 9.37.